The van der Waals surface area contributed by atoms with Crippen molar-refractivity contribution in [2.24, 2.45) is 0 Å². The second kappa shape index (κ2) is 10.1. The summed E-state index contributed by atoms with van der Waals surface area (Å²) in [7, 11) is 0. The molecule has 208 valence electrons. The fraction of sp³-hybridized carbons (Fsp3) is 0.0513. The van der Waals surface area contributed by atoms with Gasteiger partial charge >= 0.3 is 0 Å². The van der Waals surface area contributed by atoms with E-state index in [0.29, 0.717) is 17.5 Å². The molecule has 0 N–H and O–H groups in total. The van der Waals surface area contributed by atoms with E-state index in [9.17, 15) is 0 Å². The SMILES string of the molecule is C1=Cc2sc3c(-c4nc(-c5ccccc5)nc(-c5ccccc5)n4)cc(-n4c5ccccc5c5ccccc54)cc3c2CC1. The van der Waals surface area contributed by atoms with E-state index >= 15 is 0 Å². The maximum atomic E-state index is 5.16. The number of para-hydroxylation sites is 2. The zero-order valence-corrected chi connectivity index (χ0v) is 24.6. The molecule has 1 aliphatic rings. The lowest BCUT2D eigenvalue weighted by Crippen LogP contribution is -2.01. The second-order valence-corrected chi connectivity index (χ2v) is 12.2. The normalized spacial score (nSPS) is 12.7. The maximum Gasteiger partial charge on any atom is 0.165 e. The summed E-state index contributed by atoms with van der Waals surface area (Å²) in [6.07, 6.45) is 6.65. The van der Waals surface area contributed by atoms with Gasteiger partial charge in [0, 0.05) is 42.7 Å². The lowest BCUT2D eigenvalue weighted by Gasteiger charge is -2.13. The highest BCUT2D eigenvalue weighted by Gasteiger charge is 2.22. The van der Waals surface area contributed by atoms with E-state index in [2.05, 4.69) is 102 Å². The fourth-order valence-corrected chi connectivity index (χ4v) is 7.76. The number of aryl methyl sites for hydroxylation is 1. The Labute approximate surface area is 258 Å². The van der Waals surface area contributed by atoms with E-state index in [0.717, 1.165) is 35.2 Å². The molecular weight excluding hydrogens is 557 g/mol. The first kappa shape index (κ1) is 25.1. The molecule has 0 amide bonds. The summed E-state index contributed by atoms with van der Waals surface area (Å²) in [6, 6.07) is 42.4. The number of nitrogens with zero attached hydrogens (tertiary/aromatic N) is 4. The highest BCUT2D eigenvalue weighted by atomic mass is 32.1. The lowest BCUT2D eigenvalue weighted by atomic mass is 9.99. The number of thiophene rings is 1. The van der Waals surface area contributed by atoms with E-state index < -0.39 is 0 Å². The Kier molecular flexibility index (Phi) is 5.78. The summed E-state index contributed by atoms with van der Waals surface area (Å²) >= 11 is 1.84. The first-order valence-corrected chi connectivity index (χ1v) is 15.8. The van der Waals surface area contributed by atoms with Crippen LogP contribution in [-0.4, -0.2) is 19.5 Å². The van der Waals surface area contributed by atoms with Gasteiger partial charge < -0.3 is 4.57 Å². The Hall–Kier alpha value is -5.39. The van der Waals surface area contributed by atoms with E-state index in [-0.39, 0.29) is 0 Å². The first-order valence-electron chi connectivity index (χ1n) is 14.9. The smallest absolute Gasteiger partial charge is 0.165 e. The second-order valence-electron chi connectivity index (χ2n) is 11.2. The highest BCUT2D eigenvalue weighted by molar-refractivity contribution is 7.20. The number of allylic oxidation sites excluding steroid dienone is 1. The maximum absolute atomic E-state index is 5.16. The standard InChI is InChI=1S/C39H26N4S/c1-3-13-25(14-4-1)37-40-38(26-15-5-2-6-16-26)42-39(41-37)32-24-27(23-31-30-19-9-12-22-35(30)44-36(31)32)43-33-20-10-7-17-28(33)29-18-8-11-21-34(29)43/h1-8,10-18,20-24H,9,19H2. The Morgan fingerprint density at radius 3 is 1.77 bits per heavy atom. The van der Waals surface area contributed by atoms with Crippen LogP contribution in [0.2, 0.25) is 0 Å². The van der Waals surface area contributed by atoms with E-state index in [1.54, 1.807) is 0 Å². The number of rotatable bonds is 4. The van der Waals surface area contributed by atoms with Crippen LogP contribution in [0.25, 0.3) is 77.8 Å². The molecule has 0 radical (unpaired) electrons. The zero-order valence-electron chi connectivity index (χ0n) is 23.8. The van der Waals surface area contributed by atoms with Gasteiger partial charge in [-0.05, 0) is 54.1 Å². The number of benzene rings is 5. The van der Waals surface area contributed by atoms with Crippen molar-refractivity contribution in [2.45, 2.75) is 12.8 Å². The van der Waals surface area contributed by atoms with Gasteiger partial charge in [-0.1, -0.05) is 103 Å². The van der Waals surface area contributed by atoms with Crippen LogP contribution < -0.4 is 0 Å². The third-order valence-electron chi connectivity index (χ3n) is 8.52. The summed E-state index contributed by atoms with van der Waals surface area (Å²) in [5.41, 5.74) is 7.87. The van der Waals surface area contributed by atoms with Crippen molar-refractivity contribution in [3.63, 3.8) is 0 Å². The average molecular weight is 583 g/mol. The van der Waals surface area contributed by atoms with Crippen LogP contribution in [-0.2, 0) is 6.42 Å². The summed E-state index contributed by atoms with van der Waals surface area (Å²) in [5.74, 6) is 2.03. The van der Waals surface area contributed by atoms with Crippen LogP contribution in [0.1, 0.15) is 16.9 Å². The predicted molar refractivity (Wildman–Crippen MR) is 183 cm³/mol. The molecule has 0 fully saturated rings. The van der Waals surface area contributed by atoms with Gasteiger partial charge in [0.1, 0.15) is 0 Å². The van der Waals surface area contributed by atoms with Gasteiger partial charge in [-0.25, -0.2) is 15.0 Å². The van der Waals surface area contributed by atoms with Crippen molar-refractivity contribution in [3.8, 4) is 39.9 Å². The van der Waals surface area contributed by atoms with Crippen LogP contribution in [0.5, 0.6) is 0 Å². The molecule has 44 heavy (non-hydrogen) atoms. The lowest BCUT2D eigenvalue weighted by molar-refractivity contribution is 1.01. The molecule has 3 aromatic heterocycles. The van der Waals surface area contributed by atoms with Gasteiger partial charge in [0.15, 0.2) is 17.5 Å². The number of hydrogen-bond acceptors (Lipinski definition) is 4. The molecule has 0 aliphatic heterocycles. The highest BCUT2D eigenvalue weighted by Crippen LogP contribution is 2.43. The molecular formula is C39H26N4S. The molecule has 4 nitrogen and oxygen atoms in total. The predicted octanol–water partition coefficient (Wildman–Crippen LogP) is 10.1. The topological polar surface area (TPSA) is 43.6 Å². The third kappa shape index (κ3) is 4.01. The number of aromatic nitrogens is 4. The fourth-order valence-electron chi connectivity index (χ4n) is 6.49. The van der Waals surface area contributed by atoms with E-state index in [1.807, 2.05) is 47.7 Å². The average Bonchev–Trinajstić information content (AvgIpc) is 3.64. The first-order chi connectivity index (χ1) is 21.8. The Bertz CT molecular complexity index is 2270. The minimum Gasteiger partial charge on any atom is -0.309 e. The third-order valence-corrected chi connectivity index (χ3v) is 9.76. The van der Waals surface area contributed by atoms with Gasteiger partial charge in [-0.3, -0.25) is 0 Å². The molecule has 9 rings (SSSR count). The van der Waals surface area contributed by atoms with Crippen LogP contribution in [0, 0.1) is 0 Å². The summed E-state index contributed by atoms with van der Waals surface area (Å²) in [5, 5.41) is 3.78. The Morgan fingerprint density at radius 2 is 1.14 bits per heavy atom. The van der Waals surface area contributed by atoms with Crippen molar-refractivity contribution in [3.05, 3.63) is 138 Å². The summed E-state index contributed by atoms with van der Waals surface area (Å²) < 4.78 is 3.61. The Morgan fingerprint density at radius 1 is 0.568 bits per heavy atom. The largest absolute Gasteiger partial charge is 0.309 e. The van der Waals surface area contributed by atoms with E-state index in [4.69, 9.17) is 15.0 Å². The van der Waals surface area contributed by atoms with Crippen LogP contribution in [0.3, 0.4) is 0 Å². The van der Waals surface area contributed by atoms with Crippen LogP contribution >= 0.6 is 11.3 Å². The Balaban J connectivity index is 1.38. The van der Waals surface area contributed by atoms with Gasteiger partial charge in [0.05, 0.1) is 11.0 Å². The van der Waals surface area contributed by atoms with Crippen molar-refractivity contribution in [1.82, 2.24) is 19.5 Å². The molecule has 5 heteroatoms. The van der Waals surface area contributed by atoms with Gasteiger partial charge in [-0.2, -0.15) is 0 Å². The quantitative estimate of drug-likeness (QED) is 0.207. The van der Waals surface area contributed by atoms with Gasteiger partial charge in [0.25, 0.3) is 0 Å². The monoisotopic (exact) mass is 582 g/mol. The number of hydrogen-bond donors (Lipinski definition) is 0. The van der Waals surface area contributed by atoms with Crippen LogP contribution in [0.15, 0.2) is 127 Å². The molecule has 0 spiro atoms. The summed E-state index contributed by atoms with van der Waals surface area (Å²) in [6.45, 7) is 0. The van der Waals surface area contributed by atoms with Gasteiger partial charge in [0.2, 0.25) is 0 Å². The minimum absolute atomic E-state index is 0.672. The molecule has 0 atom stereocenters. The molecule has 0 saturated heterocycles. The van der Waals surface area contributed by atoms with E-state index in [1.165, 1.54) is 42.3 Å². The molecule has 8 aromatic rings. The number of fused-ring (bicyclic) bond motifs is 6. The van der Waals surface area contributed by atoms with Crippen LogP contribution in [0.4, 0.5) is 0 Å². The van der Waals surface area contributed by atoms with Gasteiger partial charge in [-0.15, -0.1) is 11.3 Å². The molecule has 5 aromatic carbocycles. The molecule has 1 aliphatic carbocycles. The molecule has 0 bridgehead atoms. The molecule has 3 heterocycles. The van der Waals surface area contributed by atoms with Crippen molar-refractivity contribution >= 4 is 49.3 Å². The summed E-state index contributed by atoms with van der Waals surface area (Å²) in [4.78, 5) is 16.6. The molecule has 0 unspecified atom stereocenters. The minimum atomic E-state index is 0.672. The zero-order chi connectivity index (χ0) is 29.0. The van der Waals surface area contributed by atoms with Crippen molar-refractivity contribution < 1.29 is 0 Å². The van der Waals surface area contributed by atoms with Crippen molar-refractivity contribution in [1.29, 1.82) is 0 Å². The molecule has 0 saturated carbocycles. The van der Waals surface area contributed by atoms with Crippen molar-refractivity contribution in [2.75, 3.05) is 0 Å².